The van der Waals surface area contributed by atoms with Crippen molar-refractivity contribution < 1.29 is 13.2 Å². The molecule has 0 aliphatic rings. The van der Waals surface area contributed by atoms with Crippen LogP contribution in [0.25, 0.3) is 22.2 Å². The van der Waals surface area contributed by atoms with Gasteiger partial charge in [0.05, 0.1) is 17.8 Å². The second kappa shape index (κ2) is 9.29. The SMILES string of the molecule is CN(Cc1ccccc1)c1ccc(-c2c3cccc(C(F)(F)F)c3nn2Cc2ccccc2)cc1. The smallest absolute Gasteiger partial charge is 0.370 e. The van der Waals surface area contributed by atoms with E-state index in [1.54, 1.807) is 10.7 Å². The van der Waals surface area contributed by atoms with Crippen molar-refractivity contribution in [2.45, 2.75) is 19.3 Å². The maximum absolute atomic E-state index is 13.8. The molecule has 0 atom stereocenters. The van der Waals surface area contributed by atoms with E-state index in [1.165, 1.54) is 11.6 Å². The number of aromatic nitrogens is 2. The van der Waals surface area contributed by atoms with Crippen LogP contribution in [-0.4, -0.2) is 16.8 Å². The first-order chi connectivity index (χ1) is 16.9. The van der Waals surface area contributed by atoms with E-state index in [2.05, 4.69) is 22.1 Å². The lowest BCUT2D eigenvalue weighted by molar-refractivity contribution is -0.136. The average Bonchev–Trinajstić information content (AvgIpc) is 3.22. The van der Waals surface area contributed by atoms with Crippen LogP contribution in [0, 0.1) is 0 Å². The van der Waals surface area contributed by atoms with Gasteiger partial charge in [-0.05, 0) is 29.3 Å². The van der Waals surface area contributed by atoms with Gasteiger partial charge in [-0.1, -0.05) is 84.9 Å². The van der Waals surface area contributed by atoms with E-state index in [9.17, 15) is 13.2 Å². The first kappa shape index (κ1) is 22.7. The molecule has 0 saturated carbocycles. The van der Waals surface area contributed by atoms with E-state index in [4.69, 9.17) is 0 Å². The standard InChI is InChI=1S/C29H24F3N3/c1-34(19-21-9-4-2-5-10-21)24-17-15-23(16-18-24)28-25-13-8-14-26(29(30,31)32)27(25)33-35(28)20-22-11-6-3-7-12-22/h2-18H,19-20H2,1H3. The van der Waals surface area contributed by atoms with Crippen LogP contribution in [0.5, 0.6) is 0 Å². The molecule has 0 aliphatic heterocycles. The number of benzene rings is 4. The molecule has 1 aromatic heterocycles. The molecule has 0 aliphatic carbocycles. The van der Waals surface area contributed by atoms with Gasteiger partial charge in [0.15, 0.2) is 0 Å². The second-order valence-corrected chi connectivity index (χ2v) is 8.58. The average molecular weight is 472 g/mol. The van der Waals surface area contributed by atoms with Gasteiger partial charge in [0.25, 0.3) is 0 Å². The molecule has 176 valence electrons. The van der Waals surface area contributed by atoms with Crippen LogP contribution in [0.3, 0.4) is 0 Å². The minimum Gasteiger partial charge on any atom is -0.370 e. The number of hydrogen-bond donors (Lipinski definition) is 0. The monoisotopic (exact) mass is 471 g/mol. The second-order valence-electron chi connectivity index (χ2n) is 8.58. The minimum atomic E-state index is -4.48. The highest BCUT2D eigenvalue weighted by atomic mass is 19.4. The van der Waals surface area contributed by atoms with Crippen molar-refractivity contribution in [1.82, 2.24) is 9.78 Å². The first-order valence-electron chi connectivity index (χ1n) is 11.4. The lowest BCUT2D eigenvalue weighted by Crippen LogP contribution is -2.16. The van der Waals surface area contributed by atoms with Crippen LogP contribution in [0.1, 0.15) is 16.7 Å². The molecule has 0 bridgehead atoms. The molecule has 1 heterocycles. The van der Waals surface area contributed by atoms with Gasteiger partial charge in [0, 0.05) is 30.2 Å². The summed E-state index contributed by atoms with van der Waals surface area (Å²) in [6.07, 6.45) is -4.48. The molecule has 0 fully saturated rings. The summed E-state index contributed by atoms with van der Waals surface area (Å²) in [5.74, 6) is 0. The highest BCUT2D eigenvalue weighted by Crippen LogP contribution is 2.38. The lowest BCUT2D eigenvalue weighted by Gasteiger charge is -2.20. The minimum absolute atomic E-state index is 0.0313. The molecule has 5 aromatic rings. The van der Waals surface area contributed by atoms with Gasteiger partial charge in [0.1, 0.15) is 5.52 Å². The fraction of sp³-hybridized carbons (Fsp3) is 0.138. The first-order valence-corrected chi connectivity index (χ1v) is 11.4. The van der Waals surface area contributed by atoms with Crippen molar-refractivity contribution in [3.8, 4) is 11.3 Å². The normalized spacial score (nSPS) is 11.7. The Morgan fingerprint density at radius 1 is 0.743 bits per heavy atom. The zero-order chi connectivity index (χ0) is 24.4. The number of halogens is 3. The van der Waals surface area contributed by atoms with Gasteiger partial charge >= 0.3 is 6.18 Å². The summed E-state index contributed by atoms with van der Waals surface area (Å²) in [7, 11) is 2.02. The van der Waals surface area contributed by atoms with Crippen molar-refractivity contribution >= 4 is 16.6 Å². The molecule has 0 saturated heterocycles. The fourth-order valence-corrected chi connectivity index (χ4v) is 4.38. The molecule has 0 N–H and O–H groups in total. The van der Waals surface area contributed by atoms with E-state index in [-0.39, 0.29) is 5.52 Å². The van der Waals surface area contributed by atoms with Crippen LogP contribution in [-0.2, 0) is 19.3 Å². The third kappa shape index (κ3) is 4.78. The van der Waals surface area contributed by atoms with Crippen molar-refractivity contribution in [2.75, 3.05) is 11.9 Å². The Hall–Kier alpha value is -4.06. The van der Waals surface area contributed by atoms with Gasteiger partial charge in [-0.15, -0.1) is 0 Å². The molecule has 35 heavy (non-hydrogen) atoms. The van der Waals surface area contributed by atoms with Gasteiger partial charge < -0.3 is 4.90 Å². The highest BCUT2D eigenvalue weighted by molar-refractivity contribution is 5.95. The van der Waals surface area contributed by atoms with Gasteiger partial charge in [-0.25, -0.2) is 0 Å². The van der Waals surface area contributed by atoms with Crippen molar-refractivity contribution in [1.29, 1.82) is 0 Å². The summed E-state index contributed by atoms with van der Waals surface area (Å²) in [6.45, 7) is 1.13. The van der Waals surface area contributed by atoms with Crippen LogP contribution >= 0.6 is 0 Å². The number of rotatable bonds is 6. The quantitative estimate of drug-likeness (QED) is 0.257. The summed E-state index contributed by atoms with van der Waals surface area (Å²) in [5.41, 5.74) is 3.93. The van der Waals surface area contributed by atoms with Crippen LogP contribution < -0.4 is 4.90 Å². The zero-order valence-electron chi connectivity index (χ0n) is 19.2. The molecular weight excluding hydrogens is 447 g/mol. The molecule has 4 aromatic carbocycles. The number of anilines is 1. The Bertz CT molecular complexity index is 1420. The Balaban J connectivity index is 1.56. The maximum Gasteiger partial charge on any atom is 0.418 e. The Morgan fingerprint density at radius 2 is 1.37 bits per heavy atom. The molecular formula is C29H24F3N3. The van der Waals surface area contributed by atoms with Gasteiger partial charge in [-0.2, -0.15) is 18.3 Å². The van der Waals surface area contributed by atoms with Gasteiger partial charge in [-0.3, -0.25) is 4.68 Å². The van der Waals surface area contributed by atoms with E-state index in [1.807, 2.05) is 79.8 Å². The molecule has 6 heteroatoms. The maximum atomic E-state index is 13.8. The van der Waals surface area contributed by atoms with Crippen LogP contribution in [0.15, 0.2) is 103 Å². The summed E-state index contributed by atoms with van der Waals surface area (Å²) >= 11 is 0. The molecule has 0 unspecified atom stereocenters. The molecule has 0 amide bonds. The number of fused-ring (bicyclic) bond motifs is 1. The largest absolute Gasteiger partial charge is 0.418 e. The Labute approximate surface area is 202 Å². The molecule has 0 radical (unpaired) electrons. The van der Waals surface area contributed by atoms with Gasteiger partial charge in [0.2, 0.25) is 0 Å². The number of nitrogens with zero attached hydrogens (tertiary/aromatic N) is 3. The summed E-state index contributed by atoms with van der Waals surface area (Å²) in [4.78, 5) is 2.14. The Morgan fingerprint density at radius 3 is 2.00 bits per heavy atom. The predicted molar refractivity (Wildman–Crippen MR) is 134 cm³/mol. The van der Waals surface area contributed by atoms with Crippen LogP contribution in [0.2, 0.25) is 0 Å². The van der Waals surface area contributed by atoms with E-state index < -0.39 is 11.7 Å². The molecule has 5 rings (SSSR count). The highest BCUT2D eigenvalue weighted by Gasteiger charge is 2.34. The predicted octanol–water partition coefficient (Wildman–Crippen LogP) is 7.41. The Kier molecular flexibility index (Phi) is 6.03. The van der Waals surface area contributed by atoms with E-state index >= 15 is 0 Å². The van der Waals surface area contributed by atoms with E-state index in [0.29, 0.717) is 17.6 Å². The summed E-state index contributed by atoms with van der Waals surface area (Å²) < 4.78 is 42.9. The van der Waals surface area contributed by atoms with Crippen molar-refractivity contribution in [2.24, 2.45) is 0 Å². The number of hydrogen-bond acceptors (Lipinski definition) is 2. The van der Waals surface area contributed by atoms with Crippen LogP contribution in [0.4, 0.5) is 18.9 Å². The van der Waals surface area contributed by atoms with E-state index in [0.717, 1.165) is 29.4 Å². The third-order valence-corrected chi connectivity index (χ3v) is 6.09. The number of alkyl halides is 3. The summed E-state index contributed by atoms with van der Waals surface area (Å²) in [5, 5.41) is 4.94. The van der Waals surface area contributed by atoms with Crippen molar-refractivity contribution in [3.05, 3.63) is 120 Å². The zero-order valence-corrected chi connectivity index (χ0v) is 19.2. The third-order valence-electron chi connectivity index (χ3n) is 6.09. The van der Waals surface area contributed by atoms with Crippen molar-refractivity contribution in [3.63, 3.8) is 0 Å². The summed E-state index contributed by atoms with van der Waals surface area (Å²) in [6, 6.07) is 32.0. The molecule has 0 spiro atoms. The fourth-order valence-electron chi connectivity index (χ4n) is 4.38. The topological polar surface area (TPSA) is 21.1 Å². The molecule has 3 nitrogen and oxygen atoms in total. The lowest BCUT2D eigenvalue weighted by atomic mass is 10.0.